The van der Waals surface area contributed by atoms with Crippen LogP contribution in [0.1, 0.15) is 49.4 Å². The van der Waals surface area contributed by atoms with E-state index in [9.17, 15) is 4.79 Å². The standard InChI is InChI=1S/C18H25N5O/c1-13(14-6-4-3-5-7-14)12-16(24)20-18-21-17(22-23(18)2)15-8-10-19-11-9-15/h3-7,13,15,19H,8-12H2,1-2H3,(H,20,21,22,24). The number of aryl methyl sites for hydroxylation is 1. The molecule has 0 radical (unpaired) electrons. The van der Waals surface area contributed by atoms with Crippen LogP contribution >= 0.6 is 0 Å². The summed E-state index contributed by atoms with van der Waals surface area (Å²) >= 11 is 0. The molecule has 1 fully saturated rings. The largest absolute Gasteiger partial charge is 0.317 e. The molecule has 1 aliphatic rings. The average molecular weight is 327 g/mol. The summed E-state index contributed by atoms with van der Waals surface area (Å²) in [4.78, 5) is 16.9. The van der Waals surface area contributed by atoms with E-state index >= 15 is 0 Å². The minimum absolute atomic E-state index is 0.0290. The number of rotatable bonds is 5. The van der Waals surface area contributed by atoms with E-state index in [4.69, 9.17) is 0 Å². The number of aromatic nitrogens is 3. The van der Waals surface area contributed by atoms with Crippen LogP contribution in [0.5, 0.6) is 0 Å². The van der Waals surface area contributed by atoms with Gasteiger partial charge in [-0.25, -0.2) is 4.68 Å². The highest BCUT2D eigenvalue weighted by molar-refractivity contribution is 5.89. The molecule has 1 atom stereocenters. The van der Waals surface area contributed by atoms with Crippen molar-refractivity contribution in [3.63, 3.8) is 0 Å². The Morgan fingerprint density at radius 2 is 2.04 bits per heavy atom. The highest BCUT2D eigenvalue weighted by Crippen LogP contribution is 2.24. The summed E-state index contributed by atoms with van der Waals surface area (Å²) < 4.78 is 1.67. The third-order valence-electron chi connectivity index (χ3n) is 4.60. The van der Waals surface area contributed by atoms with Gasteiger partial charge in [0.25, 0.3) is 0 Å². The molecule has 6 heteroatoms. The third kappa shape index (κ3) is 4.00. The van der Waals surface area contributed by atoms with Gasteiger partial charge in [-0.1, -0.05) is 37.3 Å². The van der Waals surface area contributed by atoms with E-state index in [0.717, 1.165) is 31.8 Å². The number of piperidine rings is 1. The van der Waals surface area contributed by atoms with Crippen LogP contribution in [0.4, 0.5) is 5.95 Å². The summed E-state index contributed by atoms with van der Waals surface area (Å²) in [7, 11) is 1.83. The number of carbonyl (C=O) groups is 1. The predicted octanol–water partition coefficient (Wildman–Crippen LogP) is 2.41. The van der Waals surface area contributed by atoms with E-state index in [-0.39, 0.29) is 11.8 Å². The minimum Gasteiger partial charge on any atom is -0.317 e. The second-order valence-corrected chi connectivity index (χ2v) is 6.51. The number of benzene rings is 1. The van der Waals surface area contributed by atoms with Gasteiger partial charge in [0.1, 0.15) is 0 Å². The van der Waals surface area contributed by atoms with Gasteiger partial charge in [-0.15, -0.1) is 0 Å². The summed E-state index contributed by atoms with van der Waals surface area (Å²) in [6.07, 6.45) is 2.52. The zero-order chi connectivity index (χ0) is 16.9. The Bertz CT molecular complexity index is 676. The molecule has 3 rings (SSSR count). The van der Waals surface area contributed by atoms with Gasteiger partial charge in [0.05, 0.1) is 0 Å². The van der Waals surface area contributed by atoms with Gasteiger partial charge in [-0.3, -0.25) is 10.1 Å². The molecule has 1 amide bonds. The van der Waals surface area contributed by atoms with Crippen LogP contribution in [-0.2, 0) is 11.8 Å². The van der Waals surface area contributed by atoms with Crippen molar-refractivity contribution in [2.75, 3.05) is 18.4 Å². The lowest BCUT2D eigenvalue weighted by Gasteiger charge is -2.19. The molecule has 1 aromatic heterocycles. The molecule has 2 N–H and O–H groups in total. The Morgan fingerprint density at radius 3 is 2.75 bits per heavy atom. The monoisotopic (exact) mass is 327 g/mol. The van der Waals surface area contributed by atoms with E-state index in [1.54, 1.807) is 4.68 Å². The van der Waals surface area contributed by atoms with E-state index < -0.39 is 0 Å². The van der Waals surface area contributed by atoms with Gasteiger partial charge in [-0.2, -0.15) is 10.1 Å². The first-order valence-electron chi connectivity index (χ1n) is 8.60. The Balaban J connectivity index is 1.61. The highest BCUT2D eigenvalue weighted by Gasteiger charge is 2.21. The second-order valence-electron chi connectivity index (χ2n) is 6.51. The number of nitrogens with one attached hydrogen (secondary N) is 2. The zero-order valence-corrected chi connectivity index (χ0v) is 14.3. The molecule has 0 aliphatic carbocycles. The molecule has 1 unspecified atom stereocenters. The molecule has 0 spiro atoms. The summed E-state index contributed by atoms with van der Waals surface area (Å²) in [5.74, 6) is 1.90. The van der Waals surface area contributed by atoms with E-state index in [2.05, 4.69) is 39.8 Å². The molecule has 24 heavy (non-hydrogen) atoms. The van der Waals surface area contributed by atoms with Crippen molar-refractivity contribution in [1.82, 2.24) is 20.1 Å². The SMILES string of the molecule is CC(CC(=O)Nc1nc(C2CCNCC2)nn1C)c1ccccc1. The second kappa shape index (κ2) is 7.57. The Morgan fingerprint density at radius 1 is 1.33 bits per heavy atom. The molecule has 128 valence electrons. The van der Waals surface area contributed by atoms with Crippen molar-refractivity contribution in [3.8, 4) is 0 Å². The smallest absolute Gasteiger partial charge is 0.227 e. The molecule has 1 aliphatic heterocycles. The maximum atomic E-state index is 12.3. The topological polar surface area (TPSA) is 71.8 Å². The van der Waals surface area contributed by atoms with E-state index in [1.807, 2.05) is 25.2 Å². The summed E-state index contributed by atoms with van der Waals surface area (Å²) in [6, 6.07) is 10.1. The van der Waals surface area contributed by atoms with Crippen LogP contribution in [-0.4, -0.2) is 33.8 Å². The van der Waals surface area contributed by atoms with Crippen molar-refractivity contribution in [3.05, 3.63) is 41.7 Å². The van der Waals surface area contributed by atoms with Crippen molar-refractivity contribution in [2.45, 2.75) is 38.0 Å². The van der Waals surface area contributed by atoms with Gasteiger partial charge in [0.15, 0.2) is 5.82 Å². The average Bonchev–Trinajstić information content (AvgIpc) is 2.97. The first-order valence-corrected chi connectivity index (χ1v) is 8.60. The fourth-order valence-electron chi connectivity index (χ4n) is 3.12. The Labute approximate surface area is 142 Å². The summed E-state index contributed by atoms with van der Waals surface area (Å²) in [6.45, 7) is 4.06. The maximum Gasteiger partial charge on any atom is 0.227 e. The van der Waals surface area contributed by atoms with Crippen molar-refractivity contribution >= 4 is 11.9 Å². The normalized spacial score (nSPS) is 16.8. The Kier molecular flexibility index (Phi) is 5.25. The first-order chi connectivity index (χ1) is 11.6. The number of anilines is 1. The summed E-state index contributed by atoms with van der Waals surface area (Å²) in [5.41, 5.74) is 1.17. The van der Waals surface area contributed by atoms with E-state index in [0.29, 0.717) is 18.3 Å². The fraction of sp³-hybridized carbons (Fsp3) is 0.500. The molecule has 2 heterocycles. The summed E-state index contributed by atoms with van der Waals surface area (Å²) in [5, 5.41) is 10.7. The quantitative estimate of drug-likeness (QED) is 0.885. The number of amides is 1. The lowest BCUT2D eigenvalue weighted by Crippen LogP contribution is -2.27. The molecule has 1 saturated heterocycles. The number of nitrogens with zero attached hydrogens (tertiary/aromatic N) is 3. The first kappa shape index (κ1) is 16.6. The van der Waals surface area contributed by atoms with Gasteiger partial charge in [0, 0.05) is 19.4 Å². The Hall–Kier alpha value is -2.21. The lowest BCUT2D eigenvalue weighted by atomic mass is 9.97. The van der Waals surface area contributed by atoms with Crippen LogP contribution in [0.15, 0.2) is 30.3 Å². The highest BCUT2D eigenvalue weighted by atomic mass is 16.1. The fourth-order valence-corrected chi connectivity index (χ4v) is 3.12. The van der Waals surface area contributed by atoms with Gasteiger partial charge >= 0.3 is 0 Å². The molecule has 0 bridgehead atoms. The number of carbonyl (C=O) groups excluding carboxylic acids is 1. The van der Waals surface area contributed by atoms with E-state index in [1.165, 1.54) is 5.56 Å². The minimum atomic E-state index is -0.0290. The molecular formula is C18H25N5O. The molecule has 2 aromatic rings. The zero-order valence-electron chi connectivity index (χ0n) is 14.3. The third-order valence-corrected chi connectivity index (χ3v) is 4.60. The van der Waals surface area contributed by atoms with Crippen LogP contribution in [0, 0.1) is 0 Å². The van der Waals surface area contributed by atoms with Crippen molar-refractivity contribution < 1.29 is 4.79 Å². The van der Waals surface area contributed by atoms with Crippen molar-refractivity contribution in [2.24, 2.45) is 7.05 Å². The molecule has 6 nitrogen and oxygen atoms in total. The lowest BCUT2D eigenvalue weighted by molar-refractivity contribution is -0.116. The van der Waals surface area contributed by atoms with Crippen LogP contribution in [0.3, 0.4) is 0 Å². The van der Waals surface area contributed by atoms with Gasteiger partial charge in [-0.05, 0) is 37.4 Å². The number of hydrogen-bond donors (Lipinski definition) is 2. The van der Waals surface area contributed by atoms with Crippen LogP contribution in [0.2, 0.25) is 0 Å². The molecular weight excluding hydrogens is 302 g/mol. The molecule has 1 aromatic carbocycles. The van der Waals surface area contributed by atoms with Gasteiger partial charge in [0.2, 0.25) is 11.9 Å². The van der Waals surface area contributed by atoms with Crippen molar-refractivity contribution in [1.29, 1.82) is 0 Å². The van der Waals surface area contributed by atoms with Gasteiger partial charge < -0.3 is 5.32 Å². The predicted molar refractivity (Wildman–Crippen MR) is 94.0 cm³/mol. The number of hydrogen-bond acceptors (Lipinski definition) is 4. The van der Waals surface area contributed by atoms with Crippen LogP contribution < -0.4 is 10.6 Å². The maximum absolute atomic E-state index is 12.3. The molecule has 0 saturated carbocycles. The van der Waals surface area contributed by atoms with Crippen LogP contribution in [0.25, 0.3) is 0 Å².